The Morgan fingerprint density at radius 1 is 0.889 bits per heavy atom. The Morgan fingerprint density at radius 2 is 1.52 bits per heavy atom. The van der Waals surface area contributed by atoms with Gasteiger partial charge in [0.1, 0.15) is 23.0 Å². The van der Waals surface area contributed by atoms with Gasteiger partial charge in [0.2, 0.25) is 0 Å². The molecule has 1 aromatic heterocycles. The topological polar surface area (TPSA) is 37.8 Å². The minimum atomic E-state index is -4.44. The Bertz CT molecular complexity index is 761. The Morgan fingerprint density at radius 3 is 2.15 bits per heavy atom. The van der Waals surface area contributed by atoms with E-state index < -0.39 is 11.9 Å². The van der Waals surface area contributed by atoms with Crippen LogP contribution in [0.15, 0.2) is 36.4 Å². The summed E-state index contributed by atoms with van der Waals surface area (Å²) in [6.07, 6.45) is -3.64. The number of pyridine rings is 1. The van der Waals surface area contributed by atoms with Crippen LogP contribution in [0.5, 0.6) is 11.5 Å². The minimum absolute atomic E-state index is 0.356. The highest BCUT2D eigenvalue weighted by molar-refractivity contribution is 5.56. The van der Waals surface area contributed by atoms with Crippen LogP contribution in [0.1, 0.15) is 12.1 Å². The maximum atomic E-state index is 12.9. The summed E-state index contributed by atoms with van der Waals surface area (Å²) in [5, 5.41) is 0. The van der Waals surface area contributed by atoms with Crippen LogP contribution in [-0.4, -0.2) is 45.4 Å². The molecule has 0 N–H and O–H groups in total. The Balaban J connectivity index is 1.76. The van der Waals surface area contributed by atoms with Gasteiger partial charge in [-0.05, 0) is 18.6 Å². The van der Waals surface area contributed by atoms with E-state index in [1.54, 1.807) is 26.4 Å². The van der Waals surface area contributed by atoms with Crippen molar-refractivity contribution in [3.05, 3.63) is 42.1 Å². The number of anilines is 2. The Hall–Kier alpha value is -2.64. The number of hydrogen-bond acceptors (Lipinski definition) is 5. The molecule has 8 heteroatoms. The molecule has 27 heavy (non-hydrogen) atoms. The fraction of sp³-hybridized carbons (Fsp3) is 0.421. The van der Waals surface area contributed by atoms with Crippen molar-refractivity contribution in [2.24, 2.45) is 0 Å². The Labute approximate surface area is 156 Å². The third-order valence-electron chi connectivity index (χ3n) is 4.55. The number of halogens is 3. The molecule has 0 atom stereocenters. The van der Waals surface area contributed by atoms with Crippen molar-refractivity contribution >= 4 is 11.5 Å². The number of benzene rings is 1. The second-order valence-electron chi connectivity index (χ2n) is 6.28. The fourth-order valence-electron chi connectivity index (χ4n) is 3.14. The van der Waals surface area contributed by atoms with Crippen LogP contribution in [0, 0.1) is 0 Å². The molecule has 2 heterocycles. The van der Waals surface area contributed by atoms with Crippen LogP contribution >= 0.6 is 0 Å². The highest BCUT2D eigenvalue weighted by atomic mass is 19.4. The predicted molar refractivity (Wildman–Crippen MR) is 97.8 cm³/mol. The first-order valence-corrected chi connectivity index (χ1v) is 8.68. The lowest BCUT2D eigenvalue weighted by Gasteiger charge is -2.25. The van der Waals surface area contributed by atoms with Crippen LogP contribution in [-0.2, 0) is 6.18 Å². The number of aromatic nitrogens is 1. The summed E-state index contributed by atoms with van der Waals surface area (Å²) in [7, 11) is 3.20. The van der Waals surface area contributed by atoms with Gasteiger partial charge < -0.3 is 19.3 Å². The van der Waals surface area contributed by atoms with Gasteiger partial charge in [-0.1, -0.05) is 6.07 Å². The zero-order valence-electron chi connectivity index (χ0n) is 15.3. The summed E-state index contributed by atoms with van der Waals surface area (Å²) >= 11 is 0. The number of hydrogen-bond donors (Lipinski definition) is 0. The summed E-state index contributed by atoms with van der Waals surface area (Å²) in [5.74, 6) is 1.75. The van der Waals surface area contributed by atoms with Crippen LogP contribution < -0.4 is 19.3 Å². The standard InChI is InChI=1S/C19H22F3N3O2/c1-26-15-11-14(12-16(13-15)27-2)24-7-4-8-25(10-9-24)18-6-3-5-17(23-18)19(20,21)22/h3,5-6,11-13H,4,7-10H2,1-2H3. The maximum Gasteiger partial charge on any atom is 0.433 e. The monoisotopic (exact) mass is 381 g/mol. The van der Waals surface area contributed by atoms with E-state index in [0.29, 0.717) is 37.0 Å². The summed E-state index contributed by atoms with van der Waals surface area (Å²) in [5.41, 5.74) is 0.101. The van der Waals surface area contributed by atoms with Crippen molar-refractivity contribution in [1.29, 1.82) is 0 Å². The quantitative estimate of drug-likeness (QED) is 0.805. The van der Waals surface area contributed by atoms with Gasteiger partial charge in [0.05, 0.1) is 14.2 Å². The van der Waals surface area contributed by atoms with Crippen molar-refractivity contribution in [2.75, 3.05) is 50.2 Å². The fourth-order valence-corrected chi connectivity index (χ4v) is 3.14. The minimum Gasteiger partial charge on any atom is -0.497 e. The first-order chi connectivity index (χ1) is 12.9. The van der Waals surface area contributed by atoms with Gasteiger partial charge in [0.25, 0.3) is 0 Å². The second-order valence-corrected chi connectivity index (χ2v) is 6.28. The lowest BCUT2D eigenvalue weighted by atomic mass is 10.2. The van der Waals surface area contributed by atoms with Gasteiger partial charge in [-0.2, -0.15) is 13.2 Å². The van der Waals surface area contributed by atoms with Crippen LogP contribution in [0.4, 0.5) is 24.7 Å². The molecule has 0 amide bonds. The van der Waals surface area contributed by atoms with E-state index in [1.807, 2.05) is 17.0 Å². The lowest BCUT2D eigenvalue weighted by Crippen LogP contribution is -2.31. The molecule has 0 radical (unpaired) electrons. The number of rotatable bonds is 4. The summed E-state index contributed by atoms with van der Waals surface area (Å²) in [6, 6.07) is 9.69. The molecule has 1 fully saturated rings. The van der Waals surface area contributed by atoms with E-state index in [2.05, 4.69) is 9.88 Å². The van der Waals surface area contributed by atoms with Gasteiger partial charge >= 0.3 is 6.18 Å². The average Bonchev–Trinajstić information content (AvgIpc) is 2.93. The molecule has 0 bridgehead atoms. The molecule has 2 aromatic rings. The molecule has 1 aliphatic heterocycles. The Kier molecular flexibility index (Phi) is 5.62. The summed E-state index contributed by atoms with van der Waals surface area (Å²) in [4.78, 5) is 7.88. The molecule has 0 spiro atoms. The maximum absolute atomic E-state index is 12.9. The van der Waals surface area contributed by atoms with Crippen molar-refractivity contribution < 1.29 is 22.6 Å². The van der Waals surface area contributed by atoms with Gasteiger partial charge in [0.15, 0.2) is 0 Å². The highest BCUT2D eigenvalue weighted by Crippen LogP contribution is 2.31. The molecule has 0 saturated carbocycles. The average molecular weight is 381 g/mol. The molecular formula is C19H22F3N3O2. The van der Waals surface area contributed by atoms with Gasteiger partial charge in [0, 0.05) is 50.1 Å². The highest BCUT2D eigenvalue weighted by Gasteiger charge is 2.33. The summed E-state index contributed by atoms with van der Waals surface area (Å²) < 4.78 is 49.4. The zero-order chi connectivity index (χ0) is 19.4. The normalized spacial score (nSPS) is 15.4. The molecule has 0 unspecified atom stereocenters. The van der Waals surface area contributed by atoms with Gasteiger partial charge in [-0.3, -0.25) is 0 Å². The molecule has 5 nitrogen and oxygen atoms in total. The van der Waals surface area contributed by atoms with Crippen LogP contribution in [0.25, 0.3) is 0 Å². The largest absolute Gasteiger partial charge is 0.497 e. The van der Waals surface area contributed by atoms with Gasteiger partial charge in [-0.25, -0.2) is 4.98 Å². The molecule has 146 valence electrons. The van der Waals surface area contributed by atoms with E-state index in [4.69, 9.17) is 9.47 Å². The van der Waals surface area contributed by atoms with Crippen molar-refractivity contribution in [3.63, 3.8) is 0 Å². The SMILES string of the molecule is COc1cc(OC)cc(N2CCCN(c3cccc(C(F)(F)F)n3)CC2)c1. The van der Waals surface area contributed by atoms with Crippen LogP contribution in [0.2, 0.25) is 0 Å². The molecule has 1 saturated heterocycles. The van der Waals surface area contributed by atoms with E-state index in [9.17, 15) is 13.2 Å². The number of ether oxygens (including phenoxy) is 2. The number of methoxy groups -OCH3 is 2. The molecule has 3 rings (SSSR count). The molecule has 1 aromatic carbocycles. The van der Waals surface area contributed by atoms with E-state index in [-0.39, 0.29) is 0 Å². The number of nitrogens with zero attached hydrogens (tertiary/aromatic N) is 3. The summed E-state index contributed by atoms with van der Waals surface area (Å²) in [6.45, 7) is 2.67. The van der Waals surface area contributed by atoms with Crippen molar-refractivity contribution in [2.45, 2.75) is 12.6 Å². The van der Waals surface area contributed by atoms with Gasteiger partial charge in [-0.15, -0.1) is 0 Å². The molecule has 0 aliphatic carbocycles. The van der Waals surface area contributed by atoms with Crippen molar-refractivity contribution in [3.8, 4) is 11.5 Å². The van der Waals surface area contributed by atoms with E-state index in [0.717, 1.165) is 24.7 Å². The third-order valence-corrected chi connectivity index (χ3v) is 4.55. The van der Waals surface area contributed by atoms with E-state index >= 15 is 0 Å². The van der Waals surface area contributed by atoms with E-state index in [1.165, 1.54) is 6.07 Å². The lowest BCUT2D eigenvalue weighted by molar-refractivity contribution is -0.141. The number of alkyl halides is 3. The molecule has 1 aliphatic rings. The van der Waals surface area contributed by atoms with Crippen LogP contribution in [0.3, 0.4) is 0 Å². The molecular weight excluding hydrogens is 359 g/mol. The zero-order valence-corrected chi connectivity index (χ0v) is 15.3. The second kappa shape index (κ2) is 7.94. The van der Waals surface area contributed by atoms with Crippen molar-refractivity contribution in [1.82, 2.24) is 4.98 Å². The first kappa shape index (κ1) is 19.1. The first-order valence-electron chi connectivity index (χ1n) is 8.68. The predicted octanol–water partition coefficient (Wildman–Crippen LogP) is 3.83. The smallest absolute Gasteiger partial charge is 0.433 e. The third kappa shape index (κ3) is 4.56.